The van der Waals surface area contributed by atoms with Crippen molar-refractivity contribution in [3.63, 3.8) is 0 Å². The van der Waals surface area contributed by atoms with E-state index in [2.05, 4.69) is 0 Å². The number of rotatable bonds is 2. The van der Waals surface area contributed by atoms with Gasteiger partial charge < -0.3 is 4.74 Å². The summed E-state index contributed by atoms with van der Waals surface area (Å²) in [5.74, 6) is 1.26. The smallest absolute Gasteiger partial charge is 0.321 e. The van der Waals surface area contributed by atoms with Gasteiger partial charge in [0.15, 0.2) is 0 Å². The number of fused-ring (bicyclic) bond motifs is 1. The van der Waals surface area contributed by atoms with Crippen molar-refractivity contribution < 1.29 is 9.53 Å². The minimum absolute atomic E-state index is 0.00606. The topological polar surface area (TPSA) is 26.3 Å². The summed E-state index contributed by atoms with van der Waals surface area (Å²) in [6.45, 7) is 0. The van der Waals surface area contributed by atoms with E-state index in [1.165, 1.54) is 19.3 Å². The Morgan fingerprint density at radius 1 is 1.50 bits per heavy atom. The molecule has 12 heavy (non-hydrogen) atoms. The molecule has 0 aliphatic heterocycles. The molecule has 0 spiro atoms. The molecule has 0 aromatic heterocycles. The first-order valence-electron chi connectivity index (χ1n) is 4.56. The van der Waals surface area contributed by atoms with E-state index in [0.717, 1.165) is 12.3 Å². The summed E-state index contributed by atoms with van der Waals surface area (Å²) in [7, 11) is 0. The molecule has 2 saturated carbocycles. The molecule has 3 unspecified atom stereocenters. The van der Waals surface area contributed by atoms with Crippen LogP contribution in [0, 0.1) is 11.8 Å². The molecule has 0 saturated heterocycles. The third-order valence-corrected chi connectivity index (χ3v) is 3.13. The first kappa shape index (κ1) is 8.36. The van der Waals surface area contributed by atoms with Crippen molar-refractivity contribution in [1.29, 1.82) is 0 Å². The van der Waals surface area contributed by atoms with Gasteiger partial charge in [-0.25, -0.2) is 0 Å². The monoisotopic (exact) mass is 188 g/mol. The van der Waals surface area contributed by atoms with Crippen molar-refractivity contribution in [2.45, 2.75) is 31.8 Å². The zero-order valence-corrected chi connectivity index (χ0v) is 7.72. The summed E-state index contributed by atoms with van der Waals surface area (Å²) in [6.07, 6.45) is 5.04. The molecular formula is C9H13ClO2. The van der Waals surface area contributed by atoms with E-state index in [9.17, 15) is 4.79 Å². The molecule has 2 aliphatic rings. The summed E-state index contributed by atoms with van der Waals surface area (Å²) < 4.78 is 5.22. The molecule has 0 aromatic carbocycles. The summed E-state index contributed by atoms with van der Waals surface area (Å²) >= 11 is 5.36. The maximum absolute atomic E-state index is 10.9. The van der Waals surface area contributed by atoms with E-state index in [4.69, 9.17) is 16.3 Å². The molecule has 3 atom stereocenters. The number of halogens is 1. The number of ether oxygens (including phenoxy) is 1. The van der Waals surface area contributed by atoms with Crippen molar-refractivity contribution in [3.8, 4) is 0 Å². The van der Waals surface area contributed by atoms with E-state index in [1.54, 1.807) is 0 Å². The zero-order chi connectivity index (χ0) is 8.55. The van der Waals surface area contributed by atoms with Gasteiger partial charge in [-0.1, -0.05) is 0 Å². The van der Waals surface area contributed by atoms with Crippen LogP contribution in [0.25, 0.3) is 0 Å². The van der Waals surface area contributed by atoms with E-state index >= 15 is 0 Å². The Morgan fingerprint density at radius 2 is 2.33 bits per heavy atom. The molecule has 2 fully saturated rings. The average molecular weight is 189 g/mol. The number of carbonyl (C=O) groups excluding carboxylic acids is 1. The molecular weight excluding hydrogens is 176 g/mol. The summed E-state index contributed by atoms with van der Waals surface area (Å²) in [5, 5.41) is 0. The Labute approximate surface area is 77.2 Å². The highest BCUT2D eigenvalue weighted by molar-refractivity contribution is 6.26. The lowest BCUT2D eigenvalue weighted by atomic mass is 9.98. The molecule has 2 nitrogen and oxygen atoms in total. The van der Waals surface area contributed by atoms with E-state index in [0.29, 0.717) is 5.92 Å². The lowest BCUT2D eigenvalue weighted by molar-refractivity contribution is -0.148. The Balaban J connectivity index is 1.83. The largest absolute Gasteiger partial charge is 0.461 e. The first-order chi connectivity index (χ1) is 5.81. The Kier molecular flexibility index (Phi) is 2.26. The summed E-state index contributed by atoms with van der Waals surface area (Å²) in [5.41, 5.74) is 0. The van der Waals surface area contributed by atoms with Crippen LogP contribution in [0.3, 0.4) is 0 Å². The Hall–Kier alpha value is -0.240. The maximum atomic E-state index is 10.9. The number of hydrogen-bond acceptors (Lipinski definition) is 2. The van der Waals surface area contributed by atoms with Gasteiger partial charge in [-0.15, -0.1) is 11.6 Å². The Bertz CT molecular complexity index is 193. The summed E-state index contributed by atoms with van der Waals surface area (Å²) in [4.78, 5) is 10.9. The lowest BCUT2D eigenvalue weighted by Gasteiger charge is -2.20. The second-order valence-electron chi connectivity index (χ2n) is 3.75. The van der Waals surface area contributed by atoms with Gasteiger partial charge in [-0.3, -0.25) is 4.79 Å². The van der Waals surface area contributed by atoms with Crippen LogP contribution in [0.5, 0.6) is 0 Å². The van der Waals surface area contributed by atoms with E-state index in [-0.39, 0.29) is 18.0 Å². The van der Waals surface area contributed by atoms with Crippen LogP contribution >= 0.6 is 11.6 Å². The van der Waals surface area contributed by atoms with Crippen LogP contribution in [0.4, 0.5) is 0 Å². The third kappa shape index (κ3) is 1.58. The number of carbonyl (C=O) groups is 1. The SMILES string of the molecule is O=C(CCl)OC1CCCC2CC21. The number of esters is 1. The van der Waals surface area contributed by atoms with Gasteiger partial charge in [0.05, 0.1) is 0 Å². The minimum Gasteiger partial charge on any atom is -0.461 e. The maximum Gasteiger partial charge on any atom is 0.321 e. The fourth-order valence-corrected chi connectivity index (χ4v) is 2.26. The summed E-state index contributed by atoms with van der Waals surface area (Å²) in [6, 6.07) is 0. The van der Waals surface area contributed by atoms with Crippen LogP contribution in [0.2, 0.25) is 0 Å². The minimum atomic E-state index is -0.255. The van der Waals surface area contributed by atoms with Crippen LogP contribution in [0.15, 0.2) is 0 Å². The first-order valence-corrected chi connectivity index (χ1v) is 5.10. The molecule has 0 bridgehead atoms. The van der Waals surface area contributed by atoms with Crippen LogP contribution < -0.4 is 0 Å². The van der Waals surface area contributed by atoms with E-state index in [1.807, 2.05) is 0 Å². The molecule has 2 aliphatic carbocycles. The second-order valence-corrected chi connectivity index (χ2v) is 4.02. The molecule has 68 valence electrons. The third-order valence-electron chi connectivity index (χ3n) is 2.91. The highest BCUT2D eigenvalue weighted by Crippen LogP contribution is 2.50. The molecule has 3 heteroatoms. The van der Waals surface area contributed by atoms with Gasteiger partial charge in [0, 0.05) is 0 Å². The predicted octanol–water partition coefficient (Wildman–Crippen LogP) is 1.96. The lowest BCUT2D eigenvalue weighted by Crippen LogP contribution is -2.24. The standard InChI is InChI=1S/C9H13ClO2/c10-5-9(11)12-8-3-1-2-6-4-7(6)8/h6-8H,1-5H2. The van der Waals surface area contributed by atoms with Gasteiger partial charge in [0.2, 0.25) is 0 Å². The van der Waals surface area contributed by atoms with E-state index < -0.39 is 0 Å². The van der Waals surface area contributed by atoms with Gasteiger partial charge >= 0.3 is 5.97 Å². The molecule has 0 N–H and O–H groups in total. The highest BCUT2D eigenvalue weighted by Gasteiger charge is 2.46. The van der Waals surface area contributed by atoms with Crippen LogP contribution in [0.1, 0.15) is 25.7 Å². The van der Waals surface area contributed by atoms with Crippen molar-refractivity contribution >= 4 is 17.6 Å². The normalized spacial score (nSPS) is 38.6. The number of hydrogen-bond donors (Lipinski definition) is 0. The molecule has 0 aromatic rings. The van der Waals surface area contributed by atoms with Crippen LogP contribution in [-0.2, 0) is 9.53 Å². The number of alkyl halides is 1. The van der Waals surface area contributed by atoms with Gasteiger partial charge in [0.1, 0.15) is 12.0 Å². The van der Waals surface area contributed by atoms with Crippen LogP contribution in [-0.4, -0.2) is 18.0 Å². The average Bonchev–Trinajstić information content (AvgIpc) is 2.84. The second kappa shape index (κ2) is 3.25. The van der Waals surface area contributed by atoms with Crippen molar-refractivity contribution in [3.05, 3.63) is 0 Å². The fourth-order valence-electron chi connectivity index (χ4n) is 2.20. The predicted molar refractivity (Wildman–Crippen MR) is 46.0 cm³/mol. The van der Waals surface area contributed by atoms with Gasteiger partial charge in [0.25, 0.3) is 0 Å². The highest BCUT2D eigenvalue weighted by atomic mass is 35.5. The Morgan fingerprint density at radius 3 is 3.08 bits per heavy atom. The van der Waals surface area contributed by atoms with Gasteiger partial charge in [-0.05, 0) is 37.5 Å². The van der Waals surface area contributed by atoms with Crippen molar-refractivity contribution in [1.82, 2.24) is 0 Å². The van der Waals surface area contributed by atoms with Crippen molar-refractivity contribution in [2.24, 2.45) is 11.8 Å². The molecule has 0 radical (unpaired) electrons. The molecule has 2 rings (SSSR count). The van der Waals surface area contributed by atoms with Crippen molar-refractivity contribution in [2.75, 3.05) is 5.88 Å². The molecule has 0 heterocycles. The fraction of sp³-hybridized carbons (Fsp3) is 0.889. The zero-order valence-electron chi connectivity index (χ0n) is 6.96. The molecule has 0 amide bonds. The van der Waals surface area contributed by atoms with Gasteiger partial charge in [-0.2, -0.15) is 0 Å². The quantitative estimate of drug-likeness (QED) is 0.489.